The van der Waals surface area contributed by atoms with Crippen LogP contribution in [0.5, 0.6) is 0 Å². The predicted molar refractivity (Wildman–Crippen MR) is 99.7 cm³/mol. The molecule has 0 amide bonds. The number of rotatable bonds is 9. The highest BCUT2D eigenvalue weighted by molar-refractivity contribution is 7.53. The maximum atomic E-state index is 12.0. The van der Waals surface area contributed by atoms with Gasteiger partial charge in [-0.3, -0.25) is 23.5 Å². The Hall–Kier alpha value is -1.75. The normalized spacial score (nSPS) is 24.1. The molecule has 1 aliphatic heterocycles. The van der Waals surface area contributed by atoms with Gasteiger partial charge < -0.3 is 23.9 Å². The largest absolute Gasteiger partial charge is 0.352 e. The van der Waals surface area contributed by atoms with E-state index in [9.17, 15) is 23.6 Å². The molecule has 0 aromatic carbocycles. The molecular formula is C13H21N5O9P2. The van der Waals surface area contributed by atoms with Crippen LogP contribution in [-0.2, 0) is 18.4 Å². The summed E-state index contributed by atoms with van der Waals surface area (Å²) in [6, 6.07) is -0.806. The van der Waals surface area contributed by atoms with E-state index >= 15 is 0 Å². The highest BCUT2D eigenvalue weighted by Crippen LogP contribution is 2.46. The van der Waals surface area contributed by atoms with Gasteiger partial charge in [-0.1, -0.05) is 5.11 Å². The molecule has 4 atom stereocenters. The maximum absolute atomic E-state index is 12.0. The van der Waals surface area contributed by atoms with Crippen LogP contribution < -0.4 is 11.2 Å². The van der Waals surface area contributed by atoms with Crippen molar-refractivity contribution in [3.8, 4) is 0 Å². The Morgan fingerprint density at radius 2 is 2.07 bits per heavy atom. The average molecular weight is 453 g/mol. The lowest BCUT2D eigenvalue weighted by molar-refractivity contribution is -0.0239. The van der Waals surface area contributed by atoms with Gasteiger partial charge in [-0.15, -0.1) is 0 Å². The number of H-pyrrole nitrogens is 1. The minimum absolute atomic E-state index is 0.0669. The molecule has 1 saturated heterocycles. The monoisotopic (exact) mass is 453 g/mol. The van der Waals surface area contributed by atoms with Crippen molar-refractivity contribution in [2.75, 3.05) is 18.9 Å². The van der Waals surface area contributed by atoms with E-state index in [1.54, 1.807) is 0 Å². The van der Waals surface area contributed by atoms with Crippen LogP contribution in [0.2, 0.25) is 0 Å². The van der Waals surface area contributed by atoms with E-state index in [1.807, 2.05) is 0 Å². The number of nitrogens with zero attached hydrogens (tertiary/aromatic N) is 4. The SMILES string of the molecule is Cc1cn([C@H]2C[C@H](N=[N+]=[N-])[C@@H](COP(=O)(O)CCCP(=O)(O)O)O2)c(=O)[nH]c1=O. The van der Waals surface area contributed by atoms with E-state index in [1.165, 1.54) is 13.1 Å². The molecule has 16 heteroatoms. The first-order valence-electron chi connectivity index (χ1n) is 8.44. The minimum atomic E-state index is -4.29. The van der Waals surface area contributed by atoms with Crippen LogP contribution in [0.4, 0.5) is 0 Å². The molecule has 1 aliphatic rings. The topological polar surface area (TPSA) is 217 Å². The lowest BCUT2D eigenvalue weighted by atomic mass is 10.1. The van der Waals surface area contributed by atoms with E-state index in [0.29, 0.717) is 0 Å². The third kappa shape index (κ3) is 6.91. The lowest BCUT2D eigenvalue weighted by Gasteiger charge is -2.19. The number of nitrogens with one attached hydrogen (secondary N) is 1. The van der Waals surface area contributed by atoms with Crippen molar-refractivity contribution >= 4 is 15.2 Å². The molecule has 1 unspecified atom stereocenters. The number of hydrogen-bond acceptors (Lipinski definition) is 7. The Balaban J connectivity index is 2.06. The van der Waals surface area contributed by atoms with Crippen LogP contribution in [0.25, 0.3) is 10.4 Å². The molecular weight excluding hydrogens is 432 g/mol. The Kier molecular flexibility index (Phi) is 7.61. The molecule has 0 aliphatic carbocycles. The molecule has 14 nitrogen and oxygen atoms in total. The summed E-state index contributed by atoms with van der Waals surface area (Å²) >= 11 is 0. The van der Waals surface area contributed by atoms with Crippen molar-refractivity contribution in [2.24, 2.45) is 5.11 Å². The smallest absolute Gasteiger partial charge is 0.330 e. The van der Waals surface area contributed by atoms with Gasteiger partial charge in [-0.05, 0) is 18.9 Å². The van der Waals surface area contributed by atoms with E-state index < -0.39 is 63.7 Å². The predicted octanol–water partition coefficient (Wildman–Crippen LogP) is 0.581. The molecule has 2 heterocycles. The van der Waals surface area contributed by atoms with E-state index in [4.69, 9.17) is 24.6 Å². The molecule has 0 spiro atoms. The Bertz CT molecular complexity index is 995. The zero-order valence-electron chi connectivity index (χ0n) is 15.3. The van der Waals surface area contributed by atoms with Gasteiger partial charge in [0.05, 0.1) is 31.1 Å². The second-order valence-electron chi connectivity index (χ2n) is 6.51. The van der Waals surface area contributed by atoms with Crippen LogP contribution in [-0.4, -0.2) is 55.3 Å². The molecule has 2 rings (SSSR count). The van der Waals surface area contributed by atoms with Crippen molar-refractivity contribution in [3.05, 3.63) is 43.0 Å². The molecule has 1 aromatic heterocycles. The number of aryl methyl sites for hydroxylation is 1. The summed E-state index contributed by atoms with van der Waals surface area (Å²) in [6.45, 7) is 1.05. The molecule has 0 bridgehead atoms. The second kappa shape index (κ2) is 9.38. The van der Waals surface area contributed by atoms with Gasteiger partial charge in [-0.2, -0.15) is 0 Å². The first-order valence-corrected chi connectivity index (χ1v) is 12.0. The molecule has 1 aromatic rings. The van der Waals surface area contributed by atoms with Gasteiger partial charge in [0.25, 0.3) is 5.56 Å². The summed E-state index contributed by atoms with van der Waals surface area (Å²) in [5.41, 5.74) is 7.71. The lowest BCUT2D eigenvalue weighted by Crippen LogP contribution is -2.33. The molecule has 1 fully saturated rings. The Morgan fingerprint density at radius 3 is 2.69 bits per heavy atom. The number of azide groups is 1. The Labute approximate surface area is 163 Å². The second-order valence-corrected chi connectivity index (χ2v) is 10.3. The standard InChI is InChI=1S/C13H21N5O9P2/c1-8-6-18(13(20)15-12(8)19)11-5-9(16-17-14)10(27-11)7-26-29(24,25)4-2-3-28(21,22)23/h6,9-11H,2-5,7H2,1H3,(H,24,25)(H,15,19,20)(H2,21,22,23)/t9-,10+,11+/m0/s1. The molecule has 0 saturated carbocycles. The van der Waals surface area contributed by atoms with Crippen molar-refractivity contribution in [1.29, 1.82) is 0 Å². The van der Waals surface area contributed by atoms with Crippen LogP contribution in [0.1, 0.15) is 24.6 Å². The van der Waals surface area contributed by atoms with Gasteiger partial charge in [0.1, 0.15) is 6.23 Å². The van der Waals surface area contributed by atoms with Crippen LogP contribution >= 0.6 is 15.2 Å². The highest BCUT2D eigenvalue weighted by atomic mass is 31.2. The van der Waals surface area contributed by atoms with Crippen molar-refractivity contribution in [3.63, 3.8) is 0 Å². The molecule has 29 heavy (non-hydrogen) atoms. The highest BCUT2D eigenvalue weighted by Gasteiger charge is 2.38. The first kappa shape index (κ1) is 23.5. The van der Waals surface area contributed by atoms with Gasteiger partial charge in [-0.25, -0.2) is 4.79 Å². The quantitative estimate of drug-likeness (QED) is 0.178. The summed E-state index contributed by atoms with van der Waals surface area (Å²) in [6.07, 6.45) is -1.73. The van der Waals surface area contributed by atoms with Crippen LogP contribution in [0.3, 0.4) is 0 Å². The van der Waals surface area contributed by atoms with E-state index in [2.05, 4.69) is 15.0 Å². The number of hydrogen-bond donors (Lipinski definition) is 4. The van der Waals surface area contributed by atoms with Crippen molar-refractivity contribution < 1.29 is 33.1 Å². The fraction of sp³-hybridized carbons (Fsp3) is 0.692. The summed E-state index contributed by atoms with van der Waals surface area (Å²) in [7, 11) is -8.46. The fourth-order valence-corrected chi connectivity index (χ4v) is 4.64. The third-order valence-corrected chi connectivity index (χ3v) is 6.52. The summed E-state index contributed by atoms with van der Waals surface area (Å²) in [4.78, 5) is 55.7. The summed E-state index contributed by atoms with van der Waals surface area (Å²) < 4.78 is 34.6. The molecule has 162 valence electrons. The van der Waals surface area contributed by atoms with Gasteiger partial charge >= 0.3 is 20.9 Å². The van der Waals surface area contributed by atoms with E-state index in [0.717, 1.165) is 4.57 Å². The number of ether oxygens (including phenoxy) is 1. The number of aromatic amines is 1. The van der Waals surface area contributed by atoms with Crippen LogP contribution in [0, 0.1) is 6.92 Å². The van der Waals surface area contributed by atoms with Crippen molar-refractivity contribution in [2.45, 2.75) is 38.1 Å². The third-order valence-electron chi connectivity index (χ3n) is 4.19. The maximum Gasteiger partial charge on any atom is 0.330 e. The zero-order valence-corrected chi connectivity index (χ0v) is 17.1. The average Bonchev–Trinajstić information content (AvgIpc) is 2.98. The van der Waals surface area contributed by atoms with E-state index in [-0.39, 0.29) is 18.4 Å². The number of aromatic nitrogens is 2. The van der Waals surface area contributed by atoms with Gasteiger partial charge in [0.15, 0.2) is 0 Å². The van der Waals surface area contributed by atoms with Crippen LogP contribution in [0.15, 0.2) is 20.9 Å². The molecule has 4 N–H and O–H groups in total. The van der Waals surface area contributed by atoms with Crippen molar-refractivity contribution in [1.82, 2.24) is 9.55 Å². The summed E-state index contributed by atoms with van der Waals surface area (Å²) in [5.74, 6) is 0. The molecule has 0 radical (unpaired) electrons. The van der Waals surface area contributed by atoms with Gasteiger partial charge in [0.2, 0.25) is 0 Å². The summed E-state index contributed by atoms with van der Waals surface area (Å²) in [5, 5.41) is 3.56. The first-order chi connectivity index (χ1) is 13.4. The zero-order chi connectivity index (χ0) is 21.8. The minimum Gasteiger partial charge on any atom is -0.352 e. The fourth-order valence-electron chi connectivity index (χ4n) is 2.75. The van der Waals surface area contributed by atoms with Gasteiger partial charge in [0, 0.05) is 23.1 Å². The Morgan fingerprint density at radius 1 is 1.38 bits per heavy atom.